The van der Waals surface area contributed by atoms with Crippen LogP contribution in [0.5, 0.6) is 0 Å². The molecule has 0 radical (unpaired) electrons. The van der Waals surface area contributed by atoms with Crippen molar-refractivity contribution in [2.24, 2.45) is 10.2 Å². The summed E-state index contributed by atoms with van der Waals surface area (Å²) in [4.78, 5) is 15.5. The maximum Gasteiger partial charge on any atom is 0.253 e. The van der Waals surface area contributed by atoms with E-state index in [1.165, 1.54) is 6.20 Å². The Hall–Kier alpha value is -2.04. The monoisotopic (exact) mass is 186 g/mol. The molecule has 0 saturated carbocycles. The van der Waals surface area contributed by atoms with Crippen molar-refractivity contribution in [3.8, 4) is 0 Å². The van der Waals surface area contributed by atoms with Crippen LogP contribution < -0.4 is 15.8 Å². The summed E-state index contributed by atoms with van der Waals surface area (Å²) in [5.74, 6) is 0.507. The van der Waals surface area contributed by atoms with Crippen molar-refractivity contribution in [1.29, 1.82) is 0 Å². The zero-order valence-electron chi connectivity index (χ0n) is 7.19. The van der Waals surface area contributed by atoms with Gasteiger partial charge in [-0.2, -0.15) is 5.11 Å². The van der Waals surface area contributed by atoms with Crippen LogP contribution in [0.4, 0.5) is 5.82 Å². The standard InChI is InChI=1S/C9H6N4O/c14-9-7-3-11-8-6(4-12-13-8)5(7)1-2-10-9/h1,3-4H,2H2,(H,10,14). The third-order valence-corrected chi connectivity index (χ3v) is 2.29. The second-order valence-electron chi connectivity index (χ2n) is 3.08. The van der Waals surface area contributed by atoms with Gasteiger partial charge in [-0.15, -0.1) is 5.11 Å². The number of carbonyl (C=O) groups excluding carboxylic acids is 1. The first-order valence-electron chi connectivity index (χ1n) is 4.25. The molecule has 0 unspecified atom stereocenters. The fourth-order valence-corrected chi connectivity index (χ4v) is 1.62. The van der Waals surface area contributed by atoms with E-state index in [1.807, 2.05) is 6.08 Å². The fourth-order valence-electron chi connectivity index (χ4n) is 1.62. The first-order chi connectivity index (χ1) is 6.86. The van der Waals surface area contributed by atoms with Crippen molar-refractivity contribution in [3.63, 3.8) is 0 Å². The molecular formula is C9H6N4O. The quantitative estimate of drug-likeness (QED) is 0.590. The molecule has 14 heavy (non-hydrogen) atoms. The van der Waals surface area contributed by atoms with Crippen LogP contribution in [0.15, 0.2) is 16.4 Å². The Kier molecular flexibility index (Phi) is 1.30. The molecule has 0 aliphatic carbocycles. The Balaban J connectivity index is 2.47. The summed E-state index contributed by atoms with van der Waals surface area (Å²) in [6.45, 7) is 0.552. The molecule has 3 rings (SSSR count). The van der Waals surface area contributed by atoms with E-state index in [9.17, 15) is 4.79 Å². The molecule has 2 aliphatic rings. The minimum atomic E-state index is -0.0851. The third kappa shape index (κ3) is 0.834. The normalized spacial score (nSPS) is 16.4. The van der Waals surface area contributed by atoms with Crippen LogP contribution in [-0.4, -0.2) is 17.4 Å². The lowest BCUT2D eigenvalue weighted by molar-refractivity contribution is 0.0955. The minimum Gasteiger partial charge on any atom is -0.348 e. The number of hydrogen-bond donors (Lipinski definition) is 1. The highest BCUT2D eigenvalue weighted by atomic mass is 16.1. The average Bonchev–Trinajstić information content (AvgIpc) is 2.66. The van der Waals surface area contributed by atoms with E-state index < -0.39 is 0 Å². The zero-order chi connectivity index (χ0) is 9.54. The predicted octanol–water partition coefficient (Wildman–Crippen LogP) is -0.559. The molecule has 1 N–H and O–H groups in total. The number of fused-ring (bicyclic) bond motifs is 3. The molecule has 0 atom stereocenters. The minimum absolute atomic E-state index is 0.0851. The number of rotatable bonds is 0. The van der Waals surface area contributed by atoms with Gasteiger partial charge in [-0.1, -0.05) is 6.08 Å². The molecule has 1 aromatic rings. The van der Waals surface area contributed by atoms with Gasteiger partial charge in [0.1, 0.15) is 0 Å². The molecule has 1 aromatic heterocycles. The second kappa shape index (κ2) is 2.47. The molecule has 3 heterocycles. The first-order valence-corrected chi connectivity index (χ1v) is 4.25. The van der Waals surface area contributed by atoms with Gasteiger partial charge in [0.05, 0.1) is 11.8 Å². The van der Waals surface area contributed by atoms with Gasteiger partial charge < -0.3 is 5.32 Å². The highest BCUT2D eigenvalue weighted by Crippen LogP contribution is 2.05. The van der Waals surface area contributed by atoms with Gasteiger partial charge in [0, 0.05) is 18.0 Å². The Labute approximate surface area is 78.9 Å². The van der Waals surface area contributed by atoms with Crippen molar-refractivity contribution in [2.45, 2.75) is 0 Å². The molecule has 0 bridgehead atoms. The summed E-state index contributed by atoms with van der Waals surface area (Å²) < 4.78 is 0. The number of hydrogen-bond acceptors (Lipinski definition) is 4. The molecule has 0 fully saturated rings. The average molecular weight is 186 g/mol. The van der Waals surface area contributed by atoms with Crippen LogP contribution in [0.3, 0.4) is 0 Å². The smallest absolute Gasteiger partial charge is 0.253 e. The number of nitrogens with zero attached hydrogens (tertiary/aromatic N) is 3. The molecule has 0 saturated heterocycles. The van der Waals surface area contributed by atoms with E-state index >= 15 is 0 Å². The second-order valence-corrected chi connectivity index (χ2v) is 3.08. The van der Waals surface area contributed by atoms with Crippen molar-refractivity contribution >= 4 is 24.0 Å². The van der Waals surface area contributed by atoms with Gasteiger partial charge in [-0.25, -0.2) is 4.98 Å². The Morgan fingerprint density at radius 3 is 3.21 bits per heavy atom. The third-order valence-electron chi connectivity index (χ3n) is 2.29. The Bertz CT molecular complexity index is 573. The summed E-state index contributed by atoms with van der Waals surface area (Å²) in [7, 11) is 0. The number of nitrogens with one attached hydrogen (secondary N) is 1. The lowest BCUT2D eigenvalue weighted by atomic mass is 10.1. The van der Waals surface area contributed by atoms with E-state index in [4.69, 9.17) is 0 Å². The molecule has 5 nitrogen and oxygen atoms in total. The summed E-state index contributed by atoms with van der Waals surface area (Å²) in [6, 6.07) is 0. The number of aromatic nitrogens is 1. The topological polar surface area (TPSA) is 66.7 Å². The molecule has 1 amide bonds. The highest BCUT2D eigenvalue weighted by molar-refractivity contribution is 5.96. The van der Waals surface area contributed by atoms with Gasteiger partial charge >= 0.3 is 0 Å². The van der Waals surface area contributed by atoms with Crippen molar-refractivity contribution in [2.75, 3.05) is 6.54 Å². The van der Waals surface area contributed by atoms with Gasteiger partial charge in [0.15, 0.2) is 5.82 Å². The number of amides is 1. The molecule has 0 aromatic carbocycles. The summed E-state index contributed by atoms with van der Waals surface area (Å²) in [5, 5.41) is 12.1. The van der Waals surface area contributed by atoms with Crippen LogP contribution in [0.1, 0.15) is 10.4 Å². The van der Waals surface area contributed by atoms with Gasteiger partial charge in [0.25, 0.3) is 5.91 Å². The van der Waals surface area contributed by atoms with E-state index in [0.29, 0.717) is 17.9 Å². The lowest BCUT2D eigenvalue weighted by Gasteiger charge is -2.08. The van der Waals surface area contributed by atoms with Crippen LogP contribution in [-0.2, 0) is 0 Å². The van der Waals surface area contributed by atoms with Crippen molar-refractivity contribution in [3.05, 3.63) is 22.2 Å². The molecule has 0 spiro atoms. The van der Waals surface area contributed by atoms with E-state index in [0.717, 1.165) is 10.4 Å². The predicted molar refractivity (Wildman–Crippen MR) is 49.3 cm³/mol. The van der Waals surface area contributed by atoms with Gasteiger partial charge in [-0.05, 0) is 5.22 Å². The summed E-state index contributed by atoms with van der Waals surface area (Å²) >= 11 is 0. The van der Waals surface area contributed by atoms with E-state index in [2.05, 4.69) is 20.5 Å². The van der Waals surface area contributed by atoms with Crippen molar-refractivity contribution in [1.82, 2.24) is 10.3 Å². The van der Waals surface area contributed by atoms with Gasteiger partial charge in [-0.3, -0.25) is 4.79 Å². The van der Waals surface area contributed by atoms with E-state index in [-0.39, 0.29) is 5.91 Å². The van der Waals surface area contributed by atoms with Gasteiger partial charge in [0.2, 0.25) is 0 Å². The maximum absolute atomic E-state index is 11.4. The molecular weight excluding hydrogens is 180 g/mol. The summed E-state index contributed by atoms with van der Waals surface area (Å²) in [5.41, 5.74) is 0.596. The molecule has 68 valence electrons. The molecule has 5 heteroatoms. The number of azo groups is 1. The van der Waals surface area contributed by atoms with Crippen molar-refractivity contribution < 1.29 is 4.79 Å². The highest BCUT2D eigenvalue weighted by Gasteiger charge is 2.15. The maximum atomic E-state index is 11.4. The zero-order valence-corrected chi connectivity index (χ0v) is 7.19. The molecule has 2 aliphatic heterocycles. The number of carbonyl (C=O) groups is 1. The SMILES string of the molecule is O=C1NCC=c2c1cnc1c2=CN=N1. The lowest BCUT2D eigenvalue weighted by Crippen LogP contribution is -2.41. The van der Waals surface area contributed by atoms with Crippen LogP contribution >= 0.6 is 0 Å². The van der Waals surface area contributed by atoms with Crippen LogP contribution in [0, 0.1) is 0 Å². The summed E-state index contributed by atoms with van der Waals surface area (Å²) in [6.07, 6.45) is 5.12. The fraction of sp³-hybridized carbons (Fsp3) is 0.111. The largest absolute Gasteiger partial charge is 0.348 e. The van der Waals surface area contributed by atoms with Crippen LogP contribution in [0.2, 0.25) is 0 Å². The Morgan fingerprint density at radius 1 is 1.36 bits per heavy atom. The van der Waals surface area contributed by atoms with Crippen LogP contribution in [0.25, 0.3) is 12.3 Å². The van der Waals surface area contributed by atoms with E-state index in [1.54, 1.807) is 6.20 Å². The number of pyridine rings is 1. The first kappa shape index (κ1) is 7.37. The Morgan fingerprint density at radius 2 is 2.29 bits per heavy atom.